The van der Waals surface area contributed by atoms with Crippen molar-refractivity contribution in [3.05, 3.63) is 82.3 Å². The van der Waals surface area contributed by atoms with Crippen LogP contribution in [0.15, 0.2) is 66.0 Å². The highest BCUT2D eigenvalue weighted by atomic mass is 16.1. The number of nitrogens with zero attached hydrogens (tertiary/aromatic N) is 4. The molecular weight excluding hydrogens is 312 g/mol. The summed E-state index contributed by atoms with van der Waals surface area (Å²) >= 11 is 0. The van der Waals surface area contributed by atoms with Gasteiger partial charge in [-0.05, 0) is 29.2 Å². The first kappa shape index (κ1) is 13.9. The summed E-state index contributed by atoms with van der Waals surface area (Å²) < 4.78 is 3.59. The standard InChI is InChI=1S/C20H14N4O/c1-23-17-15-5-3-2-4-14(15)16(12-13-6-8-21-9-7-13)18(17)24-11-10-22-19(24)20(23)25/h2-12H,1H3/b16-12+. The van der Waals surface area contributed by atoms with Crippen molar-refractivity contribution in [2.45, 2.75) is 0 Å². The summed E-state index contributed by atoms with van der Waals surface area (Å²) in [7, 11) is 1.81. The van der Waals surface area contributed by atoms with E-state index in [-0.39, 0.29) is 5.56 Å². The van der Waals surface area contributed by atoms with Crippen LogP contribution in [0.25, 0.3) is 33.5 Å². The molecule has 5 aromatic rings. The quantitative estimate of drug-likeness (QED) is 0.475. The number of rotatable bonds is 1. The third kappa shape index (κ3) is 1.86. The smallest absolute Gasteiger partial charge is 0.294 e. The van der Waals surface area contributed by atoms with E-state index >= 15 is 0 Å². The minimum atomic E-state index is -0.0938. The zero-order valence-corrected chi connectivity index (χ0v) is 13.5. The Bertz CT molecular complexity index is 1360. The highest BCUT2D eigenvalue weighted by molar-refractivity contribution is 6.10. The number of hydrogen-bond donors (Lipinski definition) is 0. The van der Waals surface area contributed by atoms with Crippen LogP contribution in [0.1, 0.15) is 5.56 Å². The lowest BCUT2D eigenvalue weighted by Gasteiger charge is -2.04. The fourth-order valence-electron chi connectivity index (χ4n) is 3.56. The van der Waals surface area contributed by atoms with Gasteiger partial charge in [-0.15, -0.1) is 0 Å². The molecule has 0 amide bonds. The molecule has 5 nitrogen and oxygen atoms in total. The van der Waals surface area contributed by atoms with Crippen molar-refractivity contribution in [1.82, 2.24) is 18.9 Å². The maximum atomic E-state index is 12.7. The Balaban J connectivity index is 2.13. The summed E-state index contributed by atoms with van der Waals surface area (Å²) in [5.41, 5.74) is 3.33. The molecule has 120 valence electrons. The van der Waals surface area contributed by atoms with E-state index in [9.17, 15) is 4.79 Å². The van der Waals surface area contributed by atoms with Gasteiger partial charge in [0.25, 0.3) is 5.56 Å². The number of aromatic nitrogens is 4. The first-order valence-corrected chi connectivity index (χ1v) is 8.03. The monoisotopic (exact) mass is 326 g/mol. The second kappa shape index (κ2) is 5.01. The van der Waals surface area contributed by atoms with Crippen LogP contribution in [0, 0.1) is 0 Å². The van der Waals surface area contributed by atoms with E-state index in [4.69, 9.17) is 0 Å². The van der Waals surface area contributed by atoms with Crippen LogP contribution < -0.4 is 10.8 Å². The third-order valence-corrected chi connectivity index (χ3v) is 4.68. The maximum absolute atomic E-state index is 12.7. The fourth-order valence-corrected chi connectivity index (χ4v) is 3.56. The molecule has 0 spiro atoms. The van der Waals surface area contributed by atoms with Gasteiger partial charge >= 0.3 is 0 Å². The summed E-state index contributed by atoms with van der Waals surface area (Å²) in [5, 5.41) is 3.26. The molecule has 2 aromatic carbocycles. The fraction of sp³-hybridized carbons (Fsp3) is 0.0500. The van der Waals surface area contributed by atoms with Crippen LogP contribution in [-0.2, 0) is 7.05 Å². The average Bonchev–Trinajstić information content (AvgIpc) is 3.24. The van der Waals surface area contributed by atoms with E-state index in [2.05, 4.69) is 28.2 Å². The molecule has 0 aliphatic carbocycles. The van der Waals surface area contributed by atoms with Crippen LogP contribution >= 0.6 is 0 Å². The van der Waals surface area contributed by atoms with Gasteiger partial charge in [-0.3, -0.25) is 14.2 Å². The van der Waals surface area contributed by atoms with E-state index in [1.54, 1.807) is 23.2 Å². The van der Waals surface area contributed by atoms with E-state index in [1.807, 2.05) is 41.9 Å². The second-order valence-electron chi connectivity index (χ2n) is 6.07. The summed E-state index contributed by atoms with van der Waals surface area (Å²) in [4.78, 5) is 21.0. The van der Waals surface area contributed by atoms with Gasteiger partial charge < -0.3 is 4.57 Å². The molecule has 0 bridgehead atoms. The predicted molar refractivity (Wildman–Crippen MR) is 98.5 cm³/mol. The topological polar surface area (TPSA) is 52.2 Å². The van der Waals surface area contributed by atoms with Crippen molar-refractivity contribution in [2.75, 3.05) is 0 Å². The number of fused-ring (bicyclic) bond motifs is 5. The Morgan fingerprint density at radius 1 is 0.960 bits per heavy atom. The van der Waals surface area contributed by atoms with Crippen LogP contribution in [0.4, 0.5) is 0 Å². The zero-order valence-electron chi connectivity index (χ0n) is 13.5. The molecule has 3 aromatic heterocycles. The van der Waals surface area contributed by atoms with Gasteiger partial charge in [-0.25, -0.2) is 4.98 Å². The summed E-state index contributed by atoms with van der Waals surface area (Å²) in [5.74, 6) is 0. The second-order valence-corrected chi connectivity index (χ2v) is 6.07. The molecule has 0 N–H and O–H groups in total. The molecule has 0 aliphatic rings. The van der Waals surface area contributed by atoms with Crippen molar-refractivity contribution in [2.24, 2.45) is 7.05 Å². The van der Waals surface area contributed by atoms with E-state index in [0.717, 1.165) is 32.6 Å². The molecule has 0 aliphatic heterocycles. The molecule has 25 heavy (non-hydrogen) atoms. The van der Waals surface area contributed by atoms with Crippen molar-refractivity contribution < 1.29 is 0 Å². The molecule has 3 heterocycles. The van der Waals surface area contributed by atoms with Crippen molar-refractivity contribution in [1.29, 1.82) is 0 Å². The molecule has 5 heteroatoms. The molecule has 0 saturated heterocycles. The number of benzene rings is 1. The van der Waals surface area contributed by atoms with Crippen LogP contribution in [-0.4, -0.2) is 18.9 Å². The Labute approximate surface area is 142 Å². The average molecular weight is 326 g/mol. The van der Waals surface area contributed by atoms with Crippen LogP contribution in [0.5, 0.6) is 0 Å². The van der Waals surface area contributed by atoms with E-state index in [0.29, 0.717) is 5.65 Å². The summed E-state index contributed by atoms with van der Waals surface area (Å²) in [6.45, 7) is 0. The molecule has 0 radical (unpaired) electrons. The molecule has 0 saturated carbocycles. The van der Waals surface area contributed by atoms with Gasteiger partial charge in [-0.2, -0.15) is 0 Å². The highest BCUT2D eigenvalue weighted by Crippen LogP contribution is 2.23. The van der Waals surface area contributed by atoms with E-state index in [1.165, 1.54) is 0 Å². The number of hydrogen-bond acceptors (Lipinski definition) is 3. The van der Waals surface area contributed by atoms with Crippen molar-refractivity contribution >= 4 is 33.5 Å². The van der Waals surface area contributed by atoms with Crippen LogP contribution in [0.2, 0.25) is 0 Å². The maximum Gasteiger partial charge on any atom is 0.294 e. The molecule has 0 fully saturated rings. The third-order valence-electron chi connectivity index (χ3n) is 4.68. The van der Waals surface area contributed by atoms with Crippen molar-refractivity contribution in [3.8, 4) is 0 Å². The van der Waals surface area contributed by atoms with Gasteiger partial charge in [0.15, 0.2) is 0 Å². The highest BCUT2D eigenvalue weighted by Gasteiger charge is 2.16. The van der Waals surface area contributed by atoms with Gasteiger partial charge in [0.2, 0.25) is 5.65 Å². The minimum absolute atomic E-state index is 0.0938. The zero-order chi connectivity index (χ0) is 17.0. The van der Waals surface area contributed by atoms with Crippen LogP contribution in [0.3, 0.4) is 0 Å². The summed E-state index contributed by atoms with van der Waals surface area (Å²) in [6.07, 6.45) is 9.21. The Hall–Kier alpha value is -3.47. The largest absolute Gasteiger partial charge is 0.306 e. The number of pyridine rings is 1. The Kier molecular flexibility index (Phi) is 2.79. The van der Waals surface area contributed by atoms with E-state index < -0.39 is 0 Å². The number of imidazole rings is 1. The first-order chi connectivity index (χ1) is 12.3. The lowest BCUT2D eigenvalue weighted by Crippen LogP contribution is -2.21. The summed E-state index contributed by atoms with van der Waals surface area (Å²) in [6, 6.07) is 12.1. The Morgan fingerprint density at radius 2 is 1.72 bits per heavy atom. The predicted octanol–water partition coefficient (Wildman–Crippen LogP) is 2.28. The molecular formula is C20H14N4O. The minimum Gasteiger partial charge on any atom is -0.306 e. The lowest BCUT2D eigenvalue weighted by atomic mass is 10.1. The first-order valence-electron chi connectivity index (χ1n) is 8.03. The van der Waals surface area contributed by atoms with Crippen molar-refractivity contribution in [3.63, 3.8) is 0 Å². The van der Waals surface area contributed by atoms with Gasteiger partial charge in [0.1, 0.15) is 0 Å². The van der Waals surface area contributed by atoms with Gasteiger partial charge in [-0.1, -0.05) is 24.3 Å². The normalized spacial score (nSPS) is 12.6. The van der Waals surface area contributed by atoms with Gasteiger partial charge in [0.05, 0.1) is 11.0 Å². The van der Waals surface area contributed by atoms with Gasteiger partial charge in [0, 0.05) is 42.4 Å². The SMILES string of the molecule is Cn1c(=O)c2nccn2c2/c(=C/c3ccncc3)c3ccccc3c21. The molecule has 0 atom stereocenters. The number of aryl methyl sites for hydroxylation is 1. The Morgan fingerprint density at radius 3 is 2.52 bits per heavy atom. The molecule has 5 rings (SSSR count). The molecule has 0 unspecified atom stereocenters. The lowest BCUT2D eigenvalue weighted by molar-refractivity contribution is 0.900.